The number of piperazine rings is 1. The first-order valence-corrected chi connectivity index (χ1v) is 11.0. The van der Waals surface area contributed by atoms with Gasteiger partial charge in [-0.05, 0) is 31.7 Å². The third kappa shape index (κ3) is 4.54. The highest BCUT2D eigenvalue weighted by Crippen LogP contribution is 2.43. The molecule has 0 radical (unpaired) electrons. The molecule has 0 spiro atoms. The number of thiophene rings is 1. The molecule has 3 aromatic rings. The first-order valence-electron chi connectivity index (χ1n) is 10.2. The van der Waals surface area contributed by atoms with Gasteiger partial charge in [0, 0.05) is 49.5 Å². The molecule has 1 N–H and O–H groups in total. The maximum Gasteiger partial charge on any atom is 0.140 e. The van der Waals surface area contributed by atoms with Gasteiger partial charge in [-0.1, -0.05) is 30.3 Å². The summed E-state index contributed by atoms with van der Waals surface area (Å²) in [6.07, 6.45) is 1.03. The zero-order valence-corrected chi connectivity index (χ0v) is 20.2. The van der Waals surface area contributed by atoms with E-state index in [9.17, 15) is 0 Å². The minimum absolute atomic E-state index is 0. The summed E-state index contributed by atoms with van der Waals surface area (Å²) in [5, 5.41) is 6.12. The van der Waals surface area contributed by atoms with Crippen LogP contribution in [0, 0.1) is 0 Å². The van der Waals surface area contributed by atoms with E-state index in [1.807, 2.05) is 11.3 Å². The molecule has 1 atom stereocenters. The van der Waals surface area contributed by atoms with Crippen LogP contribution in [0.15, 0.2) is 53.5 Å². The van der Waals surface area contributed by atoms with Crippen molar-refractivity contribution >= 4 is 68.4 Å². The van der Waals surface area contributed by atoms with Crippen LogP contribution in [-0.4, -0.2) is 62.1 Å². The van der Waals surface area contributed by atoms with E-state index in [0.29, 0.717) is 6.04 Å². The molecule has 31 heavy (non-hydrogen) atoms. The van der Waals surface area contributed by atoms with Crippen molar-refractivity contribution in [1.29, 1.82) is 0 Å². The monoisotopic (exact) mass is 478 g/mol. The Labute approximate surface area is 199 Å². The molecule has 3 heterocycles. The van der Waals surface area contributed by atoms with E-state index in [1.165, 1.54) is 20.7 Å². The summed E-state index contributed by atoms with van der Waals surface area (Å²) in [4.78, 5) is 10.1. The van der Waals surface area contributed by atoms with Crippen molar-refractivity contribution in [2.24, 2.45) is 4.99 Å². The maximum atomic E-state index is 5.36. The van der Waals surface area contributed by atoms with Gasteiger partial charge in [0.25, 0.3) is 0 Å². The Balaban J connectivity index is 0.00000136. The van der Waals surface area contributed by atoms with E-state index in [-0.39, 0.29) is 24.8 Å². The number of methoxy groups -OCH3 is 1. The molecule has 166 valence electrons. The Morgan fingerprint density at radius 3 is 2.71 bits per heavy atom. The van der Waals surface area contributed by atoms with Crippen molar-refractivity contribution in [2.75, 3.05) is 45.7 Å². The van der Waals surface area contributed by atoms with Crippen molar-refractivity contribution in [3.63, 3.8) is 0 Å². The summed E-state index contributed by atoms with van der Waals surface area (Å²) in [6, 6.07) is 17.4. The van der Waals surface area contributed by atoms with Crippen LogP contribution in [-0.2, 0) is 4.74 Å². The highest BCUT2D eigenvalue weighted by Gasteiger charge is 2.31. The van der Waals surface area contributed by atoms with Crippen LogP contribution in [0.25, 0.3) is 10.1 Å². The average molecular weight is 479 g/mol. The predicted octanol–water partition coefficient (Wildman–Crippen LogP) is 5.53. The lowest BCUT2D eigenvalue weighted by Gasteiger charge is -2.41. The van der Waals surface area contributed by atoms with Gasteiger partial charge in [-0.2, -0.15) is 0 Å². The van der Waals surface area contributed by atoms with E-state index in [0.717, 1.165) is 49.9 Å². The van der Waals surface area contributed by atoms with Crippen LogP contribution in [0.5, 0.6) is 0 Å². The van der Waals surface area contributed by atoms with Crippen LogP contribution in [0.4, 0.5) is 16.4 Å². The lowest BCUT2D eigenvalue weighted by molar-refractivity contribution is 0.100. The fourth-order valence-electron chi connectivity index (χ4n) is 4.26. The summed E-state index contributed by atoms with van der Waals surface area (Å²) in [6.45, 7) is 3.75. The van der Waals surface area contributed by atoms with Crippen LogP contribution in [0.2, 0.25) is 0 Å². The topological polar surface area (TPSA) is 40.1 Å². The number of fused-ring (bicyclic) bond motifs is 4. The Bertz CT molecular complexity index is 1070. The zero-order chi connectivity index (χ0) is 19.8. The summed E-state index contributed by atoms with van der Waals surface area (Å²) in [5.74, 6) is 1.09. The zero-order valence-electron chi connectivity index (χ0n) is 17.7. The highest BCUT2D eigenvalue weighted by molar-refractivity contribution is 7.23. The number of likely N-dealkylation sites (N-methyl/N-ethyl adjacent to an activating group) is 1. The molecule has 0 bridgehead atoms. The lowest BCUT2D eigenvalue weighted by atomic mass is 10.1. The summed E-state index contributed by atoms with van der Waals surface area (Å²) >= 11 is 1.81. The Morgan fingerprint density at radius 2 is 1.87 bits per heavy atom. The molecule has 1 aromatic heterocycles. The van der Waals surface area contributed by atoms with E-state index in [4.69, 9.17) is 9.73 Å². The lowest BCUT2D eigenvalue weighted by Crippen LogP contribution is -2.53. The van der Waals surface area contributed by atoms with Gasteiger partial charge in [0.15, 0.2) is 0 Å². The molecule has 5 nitrogen and oxygen atoms in total. The molecule has 1 saturated heterocycles. The number of rotatable bonds is 3. The summed E-state index contributed by atoms with van der Waals surface area (Å²) < 4.78 is 6.65. The molecule has 1 unspecified atom stereocenters. The second kappa shape index (κ2) is 10.2. The van der Waals surface area contributed by atoms with Crippen molar-refractivity contribution in [2.45, 2.75) is 12.5 Å². The smallest absolute Gasteiger partial charge is 0.140 e. The van der Waals surface area contributed by atoms with Crippen LogP contribution in [0.1, 0.15) is 12.0 Å². The number of hydrogen-bond donors (Lipinski definition) is 1. The Morgan fingerprint density at radius 1 is 1.10 bits per heavy atom. The van der Waals surface area contributed by atoms with Crippen molar-refractivity contribution in [1.82, 2.24) is 9.80 Å². The van der Waals surface area contributed by atoms with E-state index >= 15 is 0 Å². The molecule has 0 saturated carbocycles. The minimum Gasteiger partial charge on any atom is -0.385 e. The Hall–Kier alpha value is -1.83. The quantitative estimate of drug-likeness (QED) is 0.536. The second-order valence-corrected chi connectivity index (χ2v) is 8.79. The molecule has 0 aliphatic carbocycles. The summed E-state index contributed by atoms with van der Waals surface area (Å²) in [5.41, 5.74) is 3.31. The van der Waals surface area contributed by atoms with Gasteiger partial charge in [-0.25, -0.2) is 4.99 Å². The van der Waals surface area contributed by atoms with Gasteiger partial charge in [-0.15, -0.1) is 36.2 Å². The van der Waals surface area contributed by atoms with Gasteiger partial charge in [-0.3, -0.25) is 4.90 Å². The first-order chi connectivity index (χ1) is 14.2. The number of aliphatic imine (C=N–C) groups is 1. The number of amidine groups is 1. The normalized spacial score (nSPS) is 18.1. The second-order valence-electron chi connectivity index (χ2n) is 7.74. The third-order valence-corrected chi connectivity index (χ3v) is 7.02. The third-order valence-electron chi connectivity index (χ3n) is 5.93. The van der Waals surface area contributed by atoms with Gasteiger partial charge >= 0.3 is 0 Å². The summed E-state index contributed by atoms with van der Waals surface area (Å²) in [7, 11) is 4.00. The number of para-hydroxylation sites is 2. The molecule has 0 amide bonds. The highest BCUT2D eigenvalue weighted by atomic mass is 35.5. The standard InChI is InChI=1S/C23H26N4OS.2ClH/c1-26-12-13-27(15-16(26)11-14-28-2)22-21-17-7-3-6-10-20(17)29-23(21)25-19-9-5-4-8-18(19)24-22;;/h3-10,16,25H,11-15H2,1-2H3;2*1H. The van der Waals surface area contributed by atoms with E-state index in [1.54, 1.807) is 7.11 Å². The molecule has 2 aliphatic rings. The van der Waals surface area contributed by atoms with Crippen molar-refractivity contribution in [3.05, 3.63) is 54.1 Å². The van der Waals surface area contributed by atoms with Gasteiger partial charge in [0.05, 0.1) is 16.9 Å². The Kier molecular flexibility index (Phi) is 7.83. The number of benzene rings is 2. The number of ether oxygens (including phenoxy) is 1. The maximum absolute atomic E-state index is 5.36. The van der Waals surface area contributed by atoms with Crippen LogP contribution < -0.4 is 5.32 Å². The fourth-order valence-corrected chi connectivity index (χ4v) is 5.37. The van der Waals surface area contributed by atoms with Gasteiger partial charge < -0.3 is 15.0 Å². The van der Waals surface area contributed by atoms with Crippen LogP contribution in [0.3, 0.4) is 0 Å². The molecule has 2 aromatic carbocycles. The molecule has 5 rings (SSSR count). The largest absolute Gasteiger partial charge is 0.385 e. The molecular formula is C23H28Cl2N4OS. The predicted molar refractivity (Wildman–Crippen MR) is 137 cm³/mol. The number of halogens is 2. The van der Waals surface area contributed by atoms with Crippen molar-refractivity contribution in [3.8, 4) is 0 Å². The fraction of sp³-hybridized carbons (Fsp3) is 0.348. The molecule has 8 heteroatoms. The molecule has 1 fully saturated rings. The average Bonchev–Trinajstić information content (AvgIpc) is 3.01. The van der Waals surface area contributed by atoms with Crippen LogP contribution >= 0.6 is 36.2 Å². The van der Waals surface area contributed by atoms with Crippen molar-refractivity contribution < 1.29 is 4.74 Å². The number of anilines is 2. The number of hydrogen-bond acceptors (Lipinski definition) is 6. The number of nitrogens with one attached hydrogen (secondary N) is 1. The number of nitrogens with zero attached hydrogens (tertiary/aromatic N) is 3. The minimum atomic E-state index is 0. The molecule has 2 aliphatic heterocycles. The molecular weight excluding hydrogens is 451 g/mol. The van der Waals surface area contributed by atoms with E-state index < -0.39 is 0 Å². The van der Waals surface area contributed by atoms with Gasteiger partial charge in [0.2, 0.25) is 0 Å². The SMILES string of the molecule is COCCC1CN(C2=Nc3ccccc3Nc3sc4ccccc4c32)CCN1C.Cl.Cl. The van der Waals surface area contributed by atoms with Gasteiger partial charge in [0.1, 0.15) is 10.8 Å². The van der Waals surface area contributed by atoms with E-state index in [2.05, 4.69) is 70.7 Å². The first kappa shape index (κ1) is 23.8.